The number of carbonyl (C=O) groups is 1. The Hall–Kier alpha value is -4.01. The Labute approximate surface area is 257 Å². The normalized spacial score (nSPS) is 12.1. The second-order valence-corrected chi connectivity index (χ2v) is 12.2. The van der Waals surface area contributed by atoms with Crippen molar-refractivity contribution in [3.63, 3.8) is 0 Å². The lowest BCUT2D eigenvalue weighted by atomic mass is 10.0. The van der Waals surface area contributed by atoms with Gasteiger partial charge in [-0.25, -0.2) is 4.98 Å². The molecule has 0 aliphatic rings. The largest absolute Gasteiger partial charge is 0.491 e. The summed E-state index contributed by atoms with van der Waals surface area (Å²) in [7, 11) is -1.21. The van der Waals surface area contributed by atoms with Crippen LogP contribution in [0.5, 0.6) is 5.75 Å². The second-order valence-electron chi connectivity index (χ2n) is 10.7. The van der Waals surface area contributed by atoms with Crippen LogP contribution >= 0.6 is 0 Å². The zero-order valence-electron chi connectivity index (χ0n) is 25.2. The number of amides is 1. The third-order valence-corrected chi connectivity index (χ3v) is 8.02. The molecule has 8 heteroatoms. The molecule has 0 radical (unpaired) electrons. The molecule has 3 aromatic carbocycles. The van der Waals surface area contributed by atoms with Crippen molar-refractivity contribution < 1.29 is 18.5 Å². The number of aromatic nitrogens is 2. The van der Waals surface area contributed by atoms with Gasteiger partial charge in [0, 0.05) is 36.0 Å². The molecule has 0 aliphatic heterocycles. The number of rotatable bonds is 16. The minimum atomic E-state index is -1.21. The van der Waals surface area contributed by atoms with Crippen molar-refractivity contribution in [1.82, 2.24) is 9.55 Å². The second kappa shape index (κ2) is 16.6. The first-order chi connectivity index (χ1) is 20.9. The highest BCUT2D eigenvalue weighted by molar-refractivity contribution is 7.84. The number of unbranched alkanes of at least 4 members (excludes halogenated alkanes) is 1. The highest BCUT2D eigenvalue weighted by Crippen LogP contribution is 2.24. The average Bonchev–Trinajstić information content (AvgIpc) is 3.44. The van der Waals surface area contributed by atoms with E-state index in [4.69, 9.17) is 9.47 Å². The van der Waals surface area contributed by atoms with Crippen LogP contribution in [0.25, 0.3) is 17.2 Å². The van der Waals surface area contributed by atoms with Crippen molar-refractivity contribution >= 4 is 28.5 Å². The topological polar surface area (TPSA) is 82.4 Å². The van der Waals surface area contributed by atoms with Crippen molar-refractivity contribution in [2.24, 2.45) is 5.92 Å². The van der Waals surface area contributed by atoms with Crippen molar-refractivity contribution in [3.8, 4) is 16.9 Å². The first-order valence-electron chi connectivity index (χ1n) is 14.8. The number of nitrogens with zero attached hydrogens (tertiary/aromatic N) is 2. The third kappa shape index (κ3) is 10.3. The molecule has 0 saturated heterocycles. The van der Waals surface area contributed by atoms with Gasteiger partial charge in [-0.1, -0.05) is 57.5 Å². The van der Waals surface area contributed by atoms with Gasteiger partial charge in [0.05, 0.1) is 35.2 Å². The zero-order chi connectivity index (χ0) is 30.4. The Bertz CT molecular complexity index is 1490. The molecule has 0 spiro atoms. The monoisotopic (exact) mass is 599 g/mol. The molecule has 1 amide bonds. The molecule has 0 saturated carbocycles. The lowest BCUT2D eigenvalue weighted by Crippen LogP contribution is -2.09. The average molecular weight is 600 g/mol. The molecule has 0 unspecified atom stereocenters. The molecule has 43 heavy (non-hydrogen) atoms. The molecule has 0 bridgehead atoms. The summed E-state index contributed by atoms with van der Waals surface area (Å²) in [6.45, 7) is 9.16. The Morgan fingerprint density at radius 2 is 1.79 bits per heavy atom. The number of benzene rings is 3. The molecule has 1 aromatic heterocycles. The predicted molar refractivity (Wildman–Crippen MR) is 174 cm³/mol. The molecule has 1 heterocycles. The maximum atomic E-state index is 12.9. The Morgan fingerprint density at radius 3 is 2.53 bits per heavy atom. The Morgan fingerprint density at radius 1 is 1.00 bits per heavy atom. The lowest BCUT2D eigenvalue weighted by molar-refractivity contribution is -0.111. The van der Waals surface area contributed by atoms with E-state index in [9.17, 15) is 9.00 Å². The summed E-state index contributed by atoms with van der Waals surface area (Å²) in [4.78, 5) is 17.5. The van der Waals surface area contributed by atoms with Crippen LogP contribution in [0, 0.1) is 5.92 Å². The highest BCUT2D eigenvalue weighted by Gasteiger charge is 2.11. The van der Waals surface area contributed by atoms with E-state index in [2.05, 4.69) is 35.6 Å². The van der Waals surface area contributed by atoms with E-state index in [0.717, 1.165) is 54.1 Å². The van der Waals surface area contributed by atoms with Crippen LogP contribution in [-0.2, 0) is 32.6 Å². The van der Waals surface area contributed by atoms with E-state index < -0.39 is 10.8 Å². The van der Waals surface area contributed by atoms with Gasteiger partial charge in [0.1, 0.15) is 12.4 Å². The molecule has 1 atom stereocenters. The minimum absolute atomic E-state index is 0.239. The van der Waals surface area contributed by atoms with Crippen molar-refractivity contribution in [3.05, 3.63) is 103 Å². The molecule has 4 rings (SSSR count). The van der Waals surface area contributed by atoms with Crippen molar-refractivity contribution in [1.29, 1.82) is 0 Å². The van der Waals surface area contributed by atoms with Crippen molar-refractivity contribution in [2.45, 2.75) is 50.8 Å². The fourth-order valence-electron chi connectivity index (χ4n) is 4.42. The summed E-state index contributed by atoms with van der Waals surface area (Å²) in [5, 5.41) is 2.88. The van der Waals surface area contributed by atoms with E-state index in [1.54, 1.807) is 42.9 Å². The van der Waals surface area contributed by atoms with Gasteiger partial charge < -0.3 is 19.4 Å². The summed E-state index contributed by atoms with van der Waals surface area (Å²) in [6.07, 6.45) is 9.06. The summed E-state index contributed by atoms with van der Waals surface area (Å²) in [5.41, 5.74) is 4.62. The Kier molecular flexibility index (Phi) is 12.3. The Balaban J connectivity index is 1.27. The van der Waals surface area contributed by atoms with Gasteiger partial charge in [0.15, 0.2) is 0 Å². The van der Waals surface area contributed by atoms with Crippen LogP contribution in [0.1, 0.15) is 44.9 Å². The molecule has 1 N–H and O–H groups in total. The van der Waals surface area contributed by atoms with Gasteiger partial charge in [0.25, 0.3) is 0 Å². The van der Waals surface area contributed by atoms with Crippen LogP contribution in [-0.4, -0.2) is 39.5 Å². The standard InChI is InChI=1S/C35H41N3O4S/c1-4-5-19-41-20-21-42-33-14-10-29(11-15-33)30-8-6-7-28(22-30)9-18-35(39)37-31-12-16-34(17-13-31)43(40)25-32-23-36-26-38(32)24-27(2)3/h6-18,22-23,26-27H,4-5,19-21,24-25H2,1-3H3,(H,37,39)/b18-9+/t43-/m1/s1. The number of nitrogens with one attached hydrogen (secondary N) is 1. The van der Waals surface area contributed by atoms with E-state index >= 15 is 0 Å². The van der Waals surface area contributed by atoms with Gasteiger partial charge in [0.2, 0.25) is 5.91 Å². The van der Waals surface area contributed by atoms with Gasteiger partial charge in [-0.05, 0) is 77.6 Å². The number of imidazole rings is 1. The number of ether oxygens (including phenoxy) is 2. The third-order valence-electron chi connectivity index (χ3n) is 6.66. The maximum absolute atomic E-state index is 12.9. The number of carbonyl (C=O) groups excluding carboxylic acids is 1. The number of hydrogen-bond acceptors (Lipinski definition) is 5. The van der Waals surface area contributed by atoms with Crippen LogP contribution in [0.15, 0.2) is 96.3 Å². The summed E-state index contributed by atoms with van der Waals surface area (Å²) in [6, 6.07) is 23.1. The zero-order valence-corrected chi connectivity index (χ0v) is 26.0. The van der Waals surface area contributed by atoms with E-state index in [0.29, 0.717) is 35.5 Å². The first kappa shape index (κ1) is 31.9. The SMILES string of the molecule is CCCCOCCOc1ccc(-c2cccc(/C=C/C(=O)Nc3ccc([S@](=O)Cc4cncn4CC(C)C)cc3)c2)cc1. The first-order valence-corrected chi connectivity index (χ1v) is 16.1. The molecule has 0 fully saturated rings. The summed E-state index contributed by atoms with van der Waals surface area (Å²) in [5.74, 6) is 1.44. The van der Waals surface area contributed by atoms with Crippen LogP contribution < -0.4 is 10.1 Å². The summed E-state index contributed by atoms with van der Waals surface area (Å²) < 4.78 is 26.3. The molecular formula is C35H41N3O4S. The van der Waals surface area contributed by atoms with Gasteiger partial charge in [-0.3, -0.25) is 9.00 Å². The lowest BCUT2D eigenvalue weighted by Gasteiger charge is -2.10. The van der Waals surface area contributed by atoms with Crippen LogP contribution in [0.4, 0.5) is 5.69 Å². The van der Waals surface area contributed by atoms with E-state index in [-0.39, 0.29) is 5.91 Å². The van der Waals surface area contributed by atoms with Crippen LogP contribution in [0.2, 0.25) is 0 Å². The molecule has 226 valence electrons. The minimum Gasteiger partial charge on any atom is -0.491 e. The van der Waals surface area contributed by atoms with Gasteiger partial charge >= 0.3 is 0 Å². The van der Waals surface area contributed by atoms with Gasteiger partial charge in [-0.2, -0.15) is 0 Å². The van der Waals surface area contributed by atoms with E-state index in [1.165, 1.54) is 6.08 Å². The molecule has 4 aromatic rings. The fourth-order valence-corrected chi connectivity index (χ4v) is 5.54. The number of anilines is 1. The van der Waals surface area contributed by atoms with Crippen LogP contribution in [0.3, 0.4) is 0 Å². The molecular weight excluding hydrogens is 558 g/mol. The quantitative estimate of drug-likeness (QED) is 0.107. The number of hydrogen-bond donors (Lipinski definition) is 1. The van der Waals surface area contributed by atoms with E-state index in [1.807, 2.05) is 48.5 Å². The maximum Gasteiger partial charge on any atom is 0.248 e. The summed E-state index contributed by atoms with van der Waals surface area (Å²) >= 11 is 0. The van der Waals surface area contributed by atoms with Crippen molar-refractivity contribution in [2.75, 3.05) is 25.1 Å². The fraction of sp³-hybridized carbons (Fsp3) is 0.314. The molecule has 7 nitrogen and oxygen atoms in total. The predicted octanol–water partition coefficient (Wildman–Crippen LogP) is 7.36. The van der Waals surface area contributed by atoms with Gasteiger partial charge in [-0.15, -0.1) is 0 Å². The highest BCUT2D eigenvalue weighted by atomic mass is 32.2. The molecule has 0 aliphatic carbocycles. The smallest absolute Gasteiger partial charge is 0.248 e.